The number of anilines is 1. The highest BCUT2D eigenvalue weighted by Crippen LogP contribution is 2.37. The summed E-state index contributed by atoms with van der Waals surface area (Å²) < 4.78 is 13.2. The largest absolute Gasteiger partial charge is 0.325 e. The molecule has 1 atom stereocenters. The first-order valence-electron chi connectivity index (χ1n) is 8.12. The normalized spacial score (nSPS) is 16.3. The SMILES string of the molecule is O=C1Nc2cc(Cl)ccc2C1C(=Nc1ccc(F)cc1)c1ccccc1. The summed E-state index contributed by atoms with van der Waals surface area (Å²) in [7, 11) is 0. The zero-order chi connectivity index (χ0) is 18.1. The minimum atomic E-state index is -0.560. The van der Waals surface area contributed by atoms with Crippen LogP contribution in [0.25, 0.3) is 0 Å². The summed E-state index contributed by atoms with van der Waals surface area (Å²) in [6, 6.07) is 20.7. The number of fused-ring (bicyclic) bond motifs is 1. The molecule has 128 valence electrons. The molecule has 26 heavy (non-hydrogen) atoms. The Morgan fingerprint density at radius 2 is 1.73 bits per heavy atom. The van der Waals surface area contributed by atoms with Crippen LogP contribution in [0.1, 0.15) is 17.0 Å². The standard InChI is InChI=1S/C21H14ClFN2O/c22-14-6-11-17-18(12-14)25-21(26)19(17)20(13-4-2-1-3-5-13)24-16-9-7-15(23)8-10-16/h1-12,19H,(H,25,26). The lowest BCUT2D eigenvalue weighted by Crippen LogP contribution is -2.21. The quantitative estimate of drug-likeness (QED) is 0.626. The van der Waals surface area contributed by atoms with Gasteiger partial charge in [-0.3, -0.25) is 9.79 Å². The molecule has 3 nitrogen and oxygen atoms in total. The molecular formula is C21H14ClFN2O. The van der Waals surface area contributed by atoms with Gasteiger partial charge in [0.1, 0.15) is 11.7 Å². The van der Waals surface area contributed by atoms with E-state index in [1.807, 2.05) is 36.4 Å². The Kier molecular flexibility index (Phi) is 4.27. The third-order valence-electron chi connectivity index (χ3n) is 4.27. The summed E-state index contributed by atoms with van der Waals surface area (Å²) >= 11 is 6.04. The van der Waals surface area contributed by atoms with Crippen molar-refractivity contribution in [2.75, 3.05) is 5.32 Å². The molecule has 1 N–H and O–H groups in total. The topological polar surface area (TPSA) is 41.5 Å². The van der Waals surface area contributed by atoms with E-state index in [1.165, 1.54) is 12.1 Å². The van der Waals surface area contributed by atoms with E-state index in [9.17, 15) is 9.18 Å². The van der Waals surface area contributed by atoms with Crippen LogP contribution in [-0.4, -0.2) is 11.6 Å². The van der Waals surface area contributed by atoms with E-state index >= 15 is 0 Å². The first-order valence-corrected chi connectivity index (χ1v) is 8.49. The van der Waals surface area contributed by atoms with Crippen molar-refractivity contribution >= 4 is 34.6 Å². The smallest absolute Gasteiger partial charge is 0.238 e. The van der Waals surface area contributed by atoms with Crippen molar-refractivity contribution in [3.8, 4) is 0 Å². The highest BCUT2D eigenvalue weighted by Gasteiger charge is 2.35. The summed E-state index contributed by atoms with van der Waals surface area (Å²) in [5.74, 6) is -1.05. The van der Waals surface area contributed by atoms with Crippen LogP contribution in [0.4, 0.5) is 15.8 Å². The highest BCUT2D eigenvalue weighted by atomic mass is 35.5. The van der Waals surface area contributed by atoms with Crippen molar-refractivity contribution in [2.45, 2.75) is 5.92 Å². The summed E-state index contributed by atoms with van der Waals surface area (Å²) in [6.07, 6.45) is 0. The molecule has 4 rings (SSSR count). The zero-order valence-electron chi connectivity index (χ0n) is 13.6. The Bertz CT molecular complexity index is 1000. The number of amides is 1. The molecule has 1 amide bonds. The molecular weight excluding hydrogens is 351 g/mol. The van der Waals surface area contributed by atoms with E-state index < -0.39 is 5.92 Å². The van der Waals surface area contributed by atoms with Crippen molar-refractivity contribution in [1.29, 1.82) is 0 Å². The van der Waals surface area contributed by atoms with Crippen LogP contribution in [0.2, 0.25) is 5.02 Å². The molecule has 5 heteroatoms. The van der Waals surface area contributed by atoms with Crippen molar-refractivity contribution in [1.82, 2.24) is 0 Å². The fraction of sp³-hybridized carbons (Fsp3) is 0.0476. The van der Waals surface area contributed by atoms with Crippen LogP contribution in [-0.2, 0) is 4.79 Å². The molecule has 0 saturated carbocycles. The number of aliphatic imine (C=N–C) groups is 1. The van der Waals surface area contributed by atoms with Gasteiger partial charge in [-0.15, -0.1) is 0 Å². The Balaban J connectivity index is 1.87. The van der Waals surface area contributed by atoms with Gasteiger partial charge in [0, 0.05) is 10.7 Å². The lowest BCUT2D eigenvalue weighted by Gasteiger charge is -2.14. The van der Waals surface area contributed by atoms with Crippen LogP contribution in [0.15, 0.2) is 77.8 Å². The monoisotopic (exact) mass is 364 g/mol. The Labute approximate surface area is 155 Å². The Morgan fingerprint density at radius 3 is 2.46 bits per heavy atom. The average molecular weight is 365 g/mol. The highest BCUT2D eigenvalue weighted by molar-refractivity contribution is 6.31. The maximum Gasteiger partial charge on any atom is 0.238 e. The third-order valence-corrected chi connectivity index (χ3v) is 4.50. The number of hydrogen-bond donors (Lipinski definition) is 1. The number of carbonyl (C=O) groups excluding carboxylic acids is 1. The zero-order valence-corrected chi connectivity index (χ0v) is 14.4. The molecule has 0 radical (unpaired) electrons. The minimum Gasteiger partial charge on any atom is -0.325 e. The fourth-order valence-electron chi connectivity index (χ4n) is 3.07. The molecule has 1 heterocycles. The second-order valence-corrected chi connectivity index (χ2v) is 6.43. The molecule has 0 saturated heterocycles. The van der Waals surface area contributed by atoms with Gasteiger partial charge >= 0.3 is 0 Å². The van der Waals surface area contributed by atoms with Crippen molar-refractivity contribution in [3.63, 3.8) is 0 Å². The van der Waals surface area contributed by atoms with Crippen LogP contribution < -0.4 is 5.32 Å². The average Bonchev–Trinajstić information content (AvgIpc) is 2.97. The van der Waals surface area contributed by atoms with E-state index in [1.54, 1.807) is 24.3 Å². The maximum atomic E-state index is 13.2. The maximum absolute atomic E-state index is 13.2. The predicted molar refractivity (Wildman–Crippen MR) is 102 cm³/mol. The fourth-order valence-corrected chi connectivity index (χ4v) is 3.24. The van der Waals surface area contributed by atoms with Gasteiger partial charge in [-0.1, -0.05) is 48.0 Å². The third kappa shape index (κ3) is 3.11. The van der Waals surface area contributed by atoms with Crippen LogP contribution in [0.5, 0.6) is 0 Å². The van der Waals surface area contributed by atoms with E-state index in [4.69, 9.17) is 11.6 Å². The van der Waals surface area contributed by atoms with Crippen molar-refractivity contribution in [3.05, 3.63) is 94.8 Å². The molecule has 0 spiro atoms. The second kappa shape index (κ2) is 6.73. The van der Waals surface area contributed by atoms with Crippen molar-refractivity contribution in [2.24, 2.45) is 4.99 Å². The van der Waals surface area contributed by atoms with Gasteiger partial charge in [-0.05, 0) is 47.5 Å². The van der Waals surface area contributed by atoms with Gasteiger partial charge in [-0.2, -0.15) is 0 Å². The number of nitrogens with one attached hydrogen (secondary N) is 1. The van der Waals surface area contributed by atoms with Gasteiger partial charge in [0.25, 0.3) is 0 Å². The number of hydrogen-bond acceptors (Lipinski definition) is 2. The van der Waals surface area contributed by atoms with Crippen LogP contribution in [0, 0.1) is 5.82 Å². The van der Waals surface area contributed by atoms with E-state index in [-0.39, 0.29) is 11.7 Å². The molecule has 0 aromatic heterocycles. The number of halogens is 2. The second-order valence-electron chi connectivity index (χ2n) is 5.99. The lowest BCUT2D eigenvalue weighted by molar-refractivity contribution is -0.115. The van der Waals surface area contributed by atoms with Crippen molar-refractivity contribution < 1.29 is 9.18 Å². The predicted octanol–water partition coefficient (Wildman–Crippen LogP) is 5.34. The summed E-state index contributed by atoms with van der Waals surface area (Å²) in [4.78, 5) is 17.4. The van der Waals surface area contributed by atoms with E-state index in [2.05, 4.69) is 10.3 Å². The molecule has 3 aromatic carbocycles. The molecule has 0 aliphatic carbocycles. The van der Waals surface area contributed by atoms with E-state index in [0.29, 0.717) is 22.1 Å². The first kappa shape index (κ1) is 16.5. The first-order chi connectivity index (χ1) is 12.6. The number of nitrogens with zero attached hydrogens (tertiary/aromatic N) is 1. The number of benzene rings is 3. The number of carbonyl (C=O) groups is 1. The molecule has 3 aromatic rings. The molecule has 1 aliphatic rings. The number of rotatable bonds is 3. The van der Waals surface area contributed by atoms with E-state index in [0.717, 1.165) is 11.1 Å². The summed E-state index contributed by atoms with van der Waals surface area (Å²) in [6.45, 7) is 0. The summed E-state index contributed by atoms with van der Waals surface area (Å²) in [5.41, 5.74) is 3.54. The summed E-state index contributed by atoms with van der Waals surface area (Å²) in [5, 5.41) is 3.43. The van der Waals surface area contributed by atoms with Gasteiger partial charge in [-0.25, -0.2) is 4.39 Å². The van der Waals surface area contributed by atoms with Gasteiger partial charge in [0.15, 0.2) is 0 Å². The Hall–Kier alpha value is -2.98. The lowest BCUT2D eigenvalue weighted by atomic mass is 9.90. The van der Waals surface area contributed by atoms with Crippen LogP contribution >= 0.6 is 11.6 Å². The minimum absolute atomic E-state index is 0.160. The Morgan fingerprint density at radius 1 is 1.00 bits per heavy atom. The van der Waals surface area contributed by atoms with Gasteiger partial charge in [0.2, 0.25) is 5.91 Å². The van der Waals surface area contributed by atoms with Gasteiger partial charge < -0.3 is 5.32 Å². The molecule has 1 unspecified atom stereocenters. The molecule has 0 bridgehead atoms. The van der Waals surface area contributed by atoms with Gasteiger partial charge in [0.05, 0.1) is 11.4 Å². The molecule has 1 aliphatic heterocycles. The molecule has 0 fully saturated rings. The van der Waals surface area contributed by atoms with Crippen LogP contribution in [0.3, 0.4) is 0 Å².